The molecule has 0 aliphatic carbocycles. The van der Waals surface area contributed by atoms with Gasteiger partial charge in [-0.15, -0.1) is 0 Å². The lowest BCUT2D eigenvalue weighted by Crippen LogP contribution is -2.48. The first kappa shape index (κ1) is 23.4. The molecule has 1 saturated heterocycles. The largest absolute Gasteiger partial charge is 0.497 e. The Labute approximate surface area is 210 Å². The van der Waals surface area contributed by atoms with Gasteiger partial charge < -0.3 is 15.0 Å². The third-order valence-corrected chi connectivity index (χ3v) is 6.67. The maximum atomic E-state index is 13.1. The Morgan fingerprint density at radius 2 is 1.64 bits per heavy atom. The van der Waals surface area contributed by atoms with Gasteiger partial charge in [0.15, 0.2) is 0 Å². The van der Waals surface area contributed by atoms with Gasteiger partial charge in [-0.3, -0.25) is 14.3 Å². The summed E-state index contributed by atoms with van der Waals surface area (Å²) < 4.78 is 6.94. The molecular weight excluding hydrogens is 452 g/mol. The first-order valence-electron chi connectivity index (χ1n) is 11.9. The molecule has 36 heavy (non-hydrogen) atoms. The summed E-state index contributed by atoms with van der Waals surface area (Å²) in [6, 6.07) is 20.8. The monoisotopic (exact) mass is 480 g/mol. The summed E-state index contributed by atoms with van der Waals surface area (Å²) in [5, 5.41) is 7.16. The number of hydrogen-bond donors (Lipinski definition) is 1. The first-order valence-corrected chi connectivity index (χ1v) is 11.9. The van der Waals surface area contributed by atoms with Gasteiger partial charge in [0.05, 0.1) is 13.3 Å². The van der Waals surface area contributed by atoms with Gasteiger partial charge >= 0.3 is 0 Å². The fraction of sp³-hybridized carbons (Fsp3) is 0.207. The second kappa shape index (κ2) is 9.70. The fourth-order valence-corrected chi connectivity index (χ4v) is 4.38. The molecule has 1 aliphatic rings. The average Bonchev–Trinajstić information content (AvgIpc) is 3.31. The van der Waals surface area contributed by atoms with Gasteiger partial charge in [0.2, 0.25) is 0 Å². The van der Waals surface area contributed by atoms with Crippen LogP contribution in [-0.2, 0) is 7.05 Å². The summed E-state index contributed by atoms with van der Waals surface area (Å²) in [6.07, 6.45) is 3.85. The quantitative estimate of drug-likeness (QED) is 0.426. The molecule has 2 amide bonds. The van der Waals surface area contributed by atoms with Crippen LogP contribution in [0, 0.1) is 6.92 Å². The van der Waals surface area contributed by atoms with Crippen molar-refractivity contribution in [2.75, 3.05) is 25.5 Å². The van der Waals surface area contributed by atoms with Gasteiger partial charge in [0.25, 0.3) is 11.8 Å². The normalized spacial score (nSPS) is 13.2. The Hall–Kier alpha value is -4.39. The molecule has 1 fully saturated rings. The first-order chi connectivity index (χ1) is 17.4. The highest BCUT2D eigenvalue weighted by Gasteiger charge is 2.32. The number of benzene rings is 3. The van der Waals surface area contributed by atoms with Crippen molar-refractivity contribution in [1.82, 2.24) is 14.7 Å². The van der Waals surface area contributed by atoms with Crippen LogP contribution >= 0.6 is 0 Å². The molecule has 4 aromatic rings. The molecule has 7 nitrogen and oxygen atoms in total. The number of anilines is 1. The number of rotatable bonds is 6. The number of methoxy groups -OCH3 is 1. The molecule has 5 rings (SSSR count). The summed E-state index contributed by atoms with van der Waals surface area (Å²) in [5.41, 5.74) is 6.05. The molecule has 1 aliphatic heterocycles. The van der Waals surface area contributed by atoms with Gasteiger partial charge in [0.1, 0.15) is 5.75 Å². The van der Waals surface area contributed by atoms with Crippen LogP contribution in [0.15, 0.2) is 79.1 Å². The summed E-state index contributed by atoms with van der Waals surface area (Å²) >= 11 is 0. The van der Waals surface area contributed by atoms with Crippen LogP contribution in [0.1, 0.15) is 37.8 Å². The van der Waals surface area contributed by atoms with Crippen LogP contribution < -0.4 is 10.1 Å². The van der Waals surface area contributed by atoms with Crippen molar-refractivity contribution in [2.45, 2.75) is 12.8 Å². The van der Waals surface area contributed by atoms with E-state index in [-0.39, 0.29) is 11.8 Å². The van der Waals surface area contributed by atoms with E-state index in [4.69, 9.17) is 4.74 Å². The van der Waals surface area contributed by atoms with E-state index < -0.39 is 0 Å². The Morgan fingerprint density at radius 1 is 0.944 bits per heavy atom. The maximum Gasteiger partial charge on any atom is 0.255 e. The van der Waals surface area contributed by atoms with Crippen LogP contribution in [-0.4, -0.2) is 46.7 Å². The van der Waals surface area contributed by atoms with Gasteiger partial charge in [-0.2, -0.15) is 5.10 Å². The highest BCUT2D eigenvalue weighted by atomic mass is 16.5. The molecule has 0 bridgehead atoms. The van der Waals surface area contributed by atoms with Crippen LogP contribution in [0.2, 0.25) is 0 Å². The number of carbonyl (C=O) groups is 2. The lowest BCUT2D eigenvalue weighted by Gasteiger charge is -2.39. The smallest absolute Gasteiger partial charge is 0.255 e. The van der Waals surface area contributed by atoms with Crippen molar-refractivity contribution >= 4 is 17.5 Å². The van der Waals surface area contributed by atoms with E-state index in [1.807, 2.05) is 43.4 Å². The van der Waals surface area contributed by atoms with E-state index in [0.717, 1.165) is 16.7 Å². The Bertz CT molecular complexity index is 1400. The van der Waals surface area contributed by atoms with Crippen molar-refractivity contribution in [2.24, 2.45) is 7.05 Å². The number of nitrogens with one attached hydrogen (secondary N) is 1. The van der Waals surface area contributed by atoms with Crippen LogP contribution in [0.5, 0.6) is 5.75 Å². The van der Waals surface area contributed by atoms with Crippen LogP contribution in [0.4, 0.5) is 5.69 Å². The number of nitrogens with zero attached hydrogens (tertiary/aromatic N) is 3. The number of aromatic nitrogens is 2. The summed E-state index contributed by atoms with van der Waals surface area (Å²) in [5.74, 6) is 0.742. The third-order valence-electron chi connectivity index (χ3n) is 6.67. The lowest BCUT2D eigenvalue weighted by molar-refractivity contribution is 0.0602. The molecule has 1 aromatic heterocycles. The molecule has 0 saturated carbocycles. The van der Waals surface area contributed by atoms with Crippen molar-refractivity contribution < 1.29 is 14.3 Å². The van der Waals surface area contributed by atoms with E-state index in [2.05, 4.69) is 34.7 Å². The summed E-state index contributed by atoms with van der Waals surface area (Å²) in [6.45, 7) is 3.26. The summed E-state index contributed by atoms with van der Waals surface area (Å²) in [7, 11) is 3.49. The molecule has 0 spiro atoms. The Balaban J connectivity index is 1.22. The molecule has 0 unspecified atom stereocenters. The molecule has 3 aromatic carbocycles. The van der Waals surface area contributed by atoms with E-state index in [1.54, 1.807) is 42.1 Å². The molecule has 2 heterocycles. The molecule has 0 radical (unpaired) electrons. The van der Waals surface area contributed by atoms with E-state index in [9.17, 15) is 9.59 Å². The number of carbonyl (C=O) groups excluding carboxylic acids is 2. The van der Waals surface area contributed by atoms with Gasteiger partial charge in [-0.25, -0.2) is 0 Å². The topological polar surface area (TPSA) is 76.5 Å². The summed E-state index contributed by atoms with van der Waals surface area (Å²) in [4.78, 5) is 27.7. The average molecular weight is 481 g/mol. The van der Waals surface area contributed by atoms with Crippen molar-refractivity contribution in [1.29, 1.82) is 0 Å². The maximum absolute atomic E-state index is 13.1. The zero-order valence-electron chi connectivity index (χ0n) is 20.6. The van der Waals surface area contributed by atoms with Crippen LogP contribution in [0.25, 0.3) is 11.1 Å². The van der Waals surface area contributed by atoms with Crippen molar-refractivity contribution in [3.05, 3.63) is 101 Å². The predicted octanol–water partition coefficient (Wildman–Crippen LogP) is 4.90. The second-order valence-electron chi connectivity index (χ2n) is 9.14. The van der Waals surface area contributed by atoms with Gasteiger partial charge in [-0.05, 0) is 60.0 Å². The molecule has 1 N–H and O–H groups in total. The second-order valence-corrected chi connectivity index (χ2v) is 9.14. The number of ether oxygens (including phenoxy) is 1. The van der Waals surface area contributed by atoms with Crippen LogP contribution in [0.3, 0.4) is 0 Å². The Kier molecular flexibility index (Phi) is 6.29. The highest BCUT2D eigenvalue weighted by Crippen LogP contribution is 2.31. The van der Waals surface area contributed by atoms with Crippen molar-refractivity contribution in [3.8, 4) is 16.9 Å². The molecule has 0 atom stereocenters. The zero-order chi connectivity index (χ0) is 25.2. The highest BCUT2D eigenvalue weighted by molar-refractivity contribution is 6.05. The molecule has 182 valence electrons. The fourth-order valence-electron chi connectivity index (χ4n) is 4.38. The standard InChI is InChI=1S/C29H28N4O3/c1-19-4-5-23(14-27(19)31-28(34)22-10-12-26(36-3)13-11-22)29(35)33-17-25(18-33)21-8-6-20(7-9-21)24-15-30-32(2)16-24/h4-16,25H,17-18H2,1-3H3,(H,31,34). The van der Waals surface area contributed by atoms with E-state index >= 15 is 0 Å². The van der Waals surface area contributed by atoms with E-state index in [0.29, 0.717) is 41.6 Å². The molecule has 7 heteroatoms. The lowest BCUT2D eigenvalue weighted by atomic mass is 9.90. The third kappa shape index (κ3) is 4.73. The minimum Gasteiger partial charge on any atom is -0.497 e. The minimum absolute atomic E-state index is 0.0295. The minimum atomic E-state index is -0.232. The number of aryl methyl sites for hydroxylation is 2. The predicted molar refractivity (Wildman–Crippen MR) is 139 cm³/mol. The van der Waals surface area contributed by atoms with Gasteiger partial charge in [0, 0.05) is 54.6 Å². The SMILES string of the molecule is COc1ccc(C(=O)Nc2cc(C(=O)N3CC(c4ccc(-c5cnn(C)c5)cc4)C3)ccc2C)cc1. The number of likely N-dealkylation sites (tertiary alicyclic amines) is 1. The molecular formula is C29H28N4O3. The zero-order valence-corrected chi connectivity index (χ0v) is 20.6. The number of amides is 2. The van der Waals surface area contributed by atoms with Crippen molar-refractivity contribution in [3.63, 3.8) is 0 Å². The number of hydrogen-bond acceptors (Lipinski definition) is 4. The van der Waals surface area contributed by atoms with E-state index in [1.165, 1.54) is 5.56 Å². The van der Waals surface area contributed by atoms with Gasteiger partial charge in [-0.1, -0.05) is 30.3 Å². The Morgan fingerprint density at radius 3 is 2.28 bits per heavy atom.